The molecule has 0 aliphatic carbocycles. The molecule has 0 unspecified atom stereocenters. The lowest BCUT2D eigenvalue weighted by Gasteiger charge is -2.50. The Balaban J connectivity index is 2.70. The van der Waals surface area contributed by atoms with Crippen molar-refractivity contribution in [3.05, 3.63) is 35.4 Å². The van der Waals surface area contributed by atoms with Crippen molar-refractivity contribution in [2.75, 3.05) is 13.7 Å². The van der Waals surface area contributed by atoms with Gasteiger partial charge in [0, 0.05) is 40.4 Å². The molecule has 1 fully saturated rings. The predicted molar refractivity (Wildman–Crippen MR) is 108 cm³/mol. The Morgan fingerprint density at radius 2 is 1.50 bits per heavy atom. The number of aryl methyl sites for hydroxylation is 1. The Morgan fingerprint density at radius 1 is 0.906 bits per heavy atom. The molecule has 1 heterocycles. The summed E-state index contributed by atoms with van der Waals surface area (Å²) in [6.07, 6.45) is -5.05. The molecule has 0 radical (unpaired) electrons. The number of hydrogen-bond donors (Lipinski definition) is 0. The Hall–Kier alpha value is -2.98. The van der Waals surface area contributed by atoms with Crippen LogP contribution >= 0.6 is 0 Å². The molecule has 0 amide bonds. The Kier molecular flexibility index (Phi) is 8.34. The highest BCUT2D eigenvalue weighted by Crippen LogP contribution is 2.43. The van der Waals surface area contributed by atoms with Crippen LogP contribution in [0.1, 0.15) is 38.8 Å². The number of methoxy groups -OCH3 is 1. The van der Waals surface area contributed by atoms with E-state index in [9.17, 15) is 19.2 Å². The molecular weight excluding hydrogens is 424 g/mol. The van der Waals surface area contributed by atoms with E-state index in [-0.39, 0.29) is 6.61 Å². The van der Waals surface area contributed by atoms with Crippen molar-refractivity contribution in [2.45, 2.75) is 64.8 Å². The van der Waals surface area contributed by atoms with Crippen LogP contribution in [0.5, 0.6) is 0 Å². The summed E-state index contributed by atoms with van der Waals surface area (Å²) in [5, 5.41) is 0. The Labute approximate surface area is 186 Å². The van der Waals surface area contributed by atoms with Crippen LogP contribution in [0.4, 0.5) is 0 Å². The van der Waals surface area contributed by atoms with Crippen molar-refractivity contribution < 1.29 is 47.6 Å². The Bertz CT molecular complexity index is 866. The van der Waals surface area contributed by atoms with Gasteiger partial charge in [0.05, 0.1) is 0 Å². The number of ether oxygens (including phenoxy) is 6. The first-order valence-corrected chi connectivity index (χ1v) is 9.95. The van der Waals surface area contributed by atoms with Gasteiger partial charge in [-0.25, -0.2) is 0 Å². The molecule has 0 aromatic heterocycles. The van der Waals surface area contributed by atoms with E-state index >= 15 is 0 Å². The molecule has 10 nitrogen and oxygen atoms in total. The zero-order valence-electron chi connectivity index (χ0n) is 18.9. The zero-order valence-corrected chi connectivity index (χ0v) is 18.9. The van der Waals surface area contributed by atoms with Crippen molar-refractivity contribution in [3.8, 4) is 0 Å². The fraction of sp³-hybridized carbons (Fsp3) is 0.545. The second kappa shape index (κ2) is 10.6. The second-order valence-electron chi connectivity index (χ2n) is 7.38. The second-order valence-corrected chi connectivity index (χ2v) is 7.38. The van der Waals surface area contributed by atoms with Crippen LogP contribution in [0.3, 0.4) is 0 Å². The van der Waals surface area contributed by atoms with E-state index in [1.807, 2.05) is 13.0 Å². The molecule has 1 aromatic carbocycles. The van der Waals surface area contributed by atoms with Crippen molar-refractivity contribution in [2.24, 2.45) is 0 Å². The monoisotopic (exact) mass is 452 g/mol. The molecule has 10 heteroatoms. The standard InChI is InChI=1S/C22H28O10/c1-12-8-7-9-17(10-12)22(27-6)21(31-16(5)26)20(30-15(4)25)19(29-14(3)24)18(32-22)11-28-13(2)23/h7-10,18-21H,11H2,1-6H3/t18-,19-,20+,21-,22+/m1/s1. The first-order chi connectivity index (χ1) is 15.0. The van der Waals surface area contributed by atoms with Crippen LogP contribution in [0, 0.1) is 6.92 Å². The molecular formula is C22H28O10. The summed E-state index contributed by atoms with van der Waals surface area (Å²) in [6.45, 7) is 6.21. The van der Waals surface area contributed by atoms with Crippen LogP contribution in [0.2, 0.25) is 0 Å². The van der Waals surface area contributed by atoms with Gasteiger partial charge in [-0.1, -0.05) is 29.8 Å². The average molecular weight is 452 g/mol. The summed E-state index contributed by atoms with van der Waals surface area (Å²) in [6, 6.07) is 7.03. The molecule has 0 bridgehead atoms. The third kappa shape index (κ3) is 5.83. The van der Waals surface area contributed by atoms with Gasteiger partial charge in [-0.05, 0) is 6.92 Å². The quantitative estimate of drug-likeness (QED) is 0.444. The molecule has 0 spiro atoms. The minimum absolute atomic E-state index is 0.339. The number of rotatable bonds is 7. The molecule has 0 saturated carbocycles. The zero-order chi connectivity index (χ0) is 24.1. The maximum atomic E-state index is 12.0. The average Bonchev–Trinajstić information content (AvgIpc) is 2.68. The summed E-state index contributed by atoms with van der Waals surface area (Å²) in [5.74, 6) is -4.48. The van der Waals surface area contributed by atoms with Gasteiger partial charge in [0.25, 0.3) is 0 Å². The van der Waals surface area contributed by atoms with Crippen LogP contribution in [-0.2, 0) is 53.4 Å². The highest BCUT2D eigenvalue weighted by atomic mass is 16.7. The largest absolute Gasteiger partial charge is 0.463 e. The van der Waals surface area contributed by atoms with Crippen molar-refractivity contribution in [1.29, 1.82) is 0 Å². The van der Waals surface area contributed by atoms with E-state index in [1.54, 1.807) is 18.2 Å². The number of hydrogen-bond acceptors (Lipinski definition) is 10. The van der Waals surface area contributed by atoms with Gasteiger partial charge in [-0.15, -0.1) is 0 Å². The van der Waals surface area contributed by atoms with Gasteiger partial charge in [-0.3, -0.25) is 19.2 Å². The van der Waals surface area contributed by atoms with Crippen LogP contribution < -0.4 is 0 Å². The molecule has 176 valence electrons. The van der Waals surface area contributed by atoms with E-state index < -0.39 is 54.1 Å². The summed E-state index contributed by atoms with van der Waals surface area (Å²) in [7, 11) is 1.33. The molecule has 5 atom stereocenters. The first kappa shape index (κ1) is 25.3. The highest BCUT2D eigenvalue weighted by Gasteiger charge is 2.61. The minimum Gasteiger partial charge on any atom is -0.463 e. The van der Waals surface area contributed by atoms with Gasteiger partial charge < -0.3 is 28.4 Å². The molecule has 1 aromatic rings. The van der Waals surface area contributed by atoms with Crippen LogP contribution in [0.15, 0.2) is 24.3 Å². The number of benzene rings is 1. The number of carbonyl (C=O) groups is 4. The SMILES string of the molecule is CO[C@@]1(c2cccc(C)c2)O[C@H](COC(C)=O)[C@@H](OC(C)=O)[C@H](OC(C)=O)[C@H]1OC(C)=O. The predicted octanol–water partition coefficient (Wildman–Crippen LogP) is 1.55. The topological polar surface area (TPSA) is 124 Å². The van der Waals surface area contributed by atoms with Gasteiger partial charge in [0.15, 0.2) is 12.2 Å². The fourth-order valence-corrected chi connectivity index (χ4v) is 3.64. The normalized spacial score (nSPS) is 27.2. The van der Waals surface area contributed by atoms with Crippen LogP contribution in [-0.4, -0.2) is 62.0 Å². The lowest BCUT2D eigenvalue weighted by Crippen LogP contribution is -2.67. The lowest BCUT2D eigenvalue weighted by atomic mass is 9.86. The molecule has 1 saturated heterocycles. The van der Waals surface area contributed by atoms with Crippen molar-refractivity contribution in [3.63, 3.8) is 0 Å². The molecule has 1 aliphatic heterocycles. The van der Waals surface area contributed by atoms with E-state index in [0.717, 1.165) is 19.4 Å². The maximum absolute atomic E-state index is 12.0. The number of carbonyl (C=O) groups excluding carboxylic acids is 4. The summed E-state index contributed by atoms with van der Waals surface area (Å²) < 4.78 is 33.4. The Morgan fingerprint density at radius 3 is 2.00 bits per heavy atom. The van der Waals surface area contributed by atoms with Crippen LogP contribution in [0.25, 0.3) is 0 Å². The van der Waals surface area contributed by atoms with Gasteiger partial charge in [0.1, 0.15) is 12.7 Å². The van der Waals surface area contributed by atoms with E-state index in [4.69, 9.17) is 28.4 Å². The fourth-order valence-electron chi connectivity index (χ4n) is 3.64. The van der Waals surface area contributed by atoms with Gasteiger partial charge in [-0.2, -0.15) is 0 Å². The maximum Gasteiger partial charge on any atom is 0.303 e. The molecule has 32 heavy (non-hydrogen) atoms. The lowest BCUT2D eigenvalue weighted by molar-refractivity contribution is -0.367. The third-order valence-electron chi connectivity index (χ3n) is 4.76. The summed E-state index contributed by atoms with van der Waals surface area (Å²) in [5.41, 5.74) is 1.31. The first-order valence-electron chi connectivity index (χ1n) is 9.95. The molecule has 2 rings (SSSR count). The van der Waals surface area contributed by atoms with E-state index in [1.165, 1.54) is 21.0 Å². The van der Waals surface area contributed by atoms with E-state index in [2.05, 4.69) is 0 Å². The minimum atomic E-state index is -1.76. The summed E-state index contributed by atoms with van der Waals surface area (Å²) in [4.78, 5) is 47.3. The third-order valence-corrected chi connectivity index (χ3v) is 4.76. The van der Waals surface area contributed by atoms with Crippen molar-refractivity contribution >= 4 is 23.9 Å². The molecule has 0 N–H and O–H groups in total. The smallest absolute Gasteiger partial charge is 0.303 e. The molecule has 1 aliphatic rings. The van der Waals surface area contributed by atoms with Gasteiger partial charge in [0.2, 0.25) is 11.9 Å². The van der Waals surface area contributed by atoms with E-state index in [0.29, 0.717) is 5.56 Å². The highest BCUT2D eigenvalue weighted by molar-refractivity contribution is 5.69. The summed E-state index contributed by atoms with van der Waals surface area (Å²) >= 11 is 0. The number of esters is 4. The van der Waals surface area contributed by atoms with Gasteiger partial charge >= 0.3 is 23.9 Å². The van der Waals surface area contributed by atoms with Crippen molar-refractivity contribution in [1.82, 2.24) is 0 Å².